The number of likely N-dealkylation sites (tertiary alicyclic amines) is 1. The van der Waals surface area contributed by atoms with Crippen molar-refractivity contribution in [3.8, 4) is 17.6 Å². The first-order valence-electron chi connectivity index (χ1n) is 11.2. The molecule has 5 heteroatoms. The average molecular weight is 434 g/mol. The summed E-state index contributed by atoms with van der Waals surface area (Å²) < 4.78 is 6.40. The number of aryl methyl sites for hydroxylation is 1. The van der Waals surface area contributed by atoms with Gasteiger partial charge in [0.1, 0.15) is 11.4 Å². The molecule has 1 atom stereocenters. The quantitative estimate of drug-likeness (QED) is 0.700. The Bertz CT molecular complexity index is 1090. The number of aliphatic hydroxyl groups excluding tert-OH is 1. The second-order valence-electron chi connectivity index (χ2n) is 9.51. The van der Waals surface area contributed by atoms with Gasteiger partial charge in [0.15, 0.2) is 0 Å². The summed E-state index contributed by atoms with van der Waals surface area (Å²) in [5.74, 6) is 6.61. The fraction of sp³-hybridized carbons (Fsp3) is 0.444. The number of carbonyl (C=O) groups is 1. The molecule has 5 nitrogen and oxygen atoms in total. The molecule has 32 heavy (non-hydrogen) atoms. The number of hydrogen-bond acceptors (Lipinski definition) is 4. The minimum Gasteiger partial charge on any atom is -0.487 e. The average Bonchev–Trinajstić information content (AvgIpc) is 2.73. The molecule has 0 bridgehead atoms. The first-order valence-corrected chi connectivity index (χ1v) is 11.2. The summed E-state index contributed by atoms with van der Waals surface area (Å²) in [6.07, 6.45) is 1.26. The van der Waals surface area contributed by atoms with Crippen molar-refractivity contribution in [2.75, 3.05) is 13.1 Å². The number of ether oxygens (including phenoxy) is 1. The van der Waals surface area contributed by atoms with Crippen molar-refractivity contribution in [1.82, 2.24) is 4.90 Å². The molecule has 0 radical (unpaired) electrons. The van der Waals surface area contributed by atoms with Gasteiger partial charge in [0.25, 0.3) is 5.91 Å². The van der Waals surface area contributed by atoms with Crippen LogP contribution in [-0.2, 0) is 5.60 Å². The van der Waals surface area contributed by atoms with Gasteiger partial charge < -0.3 is 19.8 Å². The lowest BCUT2D eigenvalue weighted by Gasteiger charge is -2.46. The Morgan fingerprint density at radius 3 is 2.53 bits per heavy atom. The van der Waals surface area contributed by atoms with E-state index < -0.39 is 17.3 Å². The number of benzene rings is 2. The highest BCUT2D eigenvalue weighted by molar-refractivity contribution is 5.94. The first kappa shape index (κ1) is 22.4. The number of nitrogens with zero attached hydrogens (tertiary/aromatic N) is 1. The third-order valence-electron chi connectivity index (χ3n) is 6.62. The van der Waals surface area contributed by atoms with E-state index in [1.165, 1.54) is 0 Å². The number of piperidine rings is 1. The third kappa shape index (κ3) is 4.26. The van der Waals surface area contributed by atoms with Crippen molar-refractivity contribution in [2.45, 2.75) is 64.3 Å². The maximum Gasteiger partial charge on any atom is 0.253 e. The number of carbonyl (C=O) groups excluding carboxylic acids is 1. The van der Waals surface area contributed by atoms with Gasteiger partial charge in [-0.1, -0.05) is 12.0 Å². The van der Waals surface area contributed by atoms with Crippen molar-refractivity contribution in [3.63, 3.8) is 0 Å². The van der Waals surface area contributed by atoms with Gasteiger partial charge in [0, 0.05) is 49.0 Å². The van der Waals surface area contributed by atoms with Crippen molar-refractivity contribution in [2.24, 2.45) is 0 Å². The summed E-state index contributed by atoms with van der Waals surface area (Å²) in [6, 6.07) is 11.2. The Hall–Kier alpha value is -2.81. The highest BCUT2D eigenvalue weighted by Gasteiger charge is 2.43. The van der Waals surface area contributed by atoms with E-state index >= 15 is 0 Å². The van der Waals surface area contributed by atoms with Crippen LogP contribution in [-0.4, -0.2) is 39.7 Å². The molecule has 2 aromatic rings. The minimum atomic E-state index is -0.942. The molecule has 0 aliphatic carbocycles. The first-order chi connectivity index (χ1) is 15.1. The molecule has 1 unspecified atom stereocenters. The van der Waals surface area contributed by atoms with Gasteiger partial charge in [-0.25, -0.2) is 0 Å². The topological polar surface area (TPSA) is 70.0 Å². The van der Waals surface area contributed by atoms with Gasteiger partial charge in [-0.05, 0) is 69.2 Å². The SMILES string of the molecule is CC#Cc1ccc2c(c1)C(O)CC1(CCN(C(=O)c3ccc(C(C)(C)O)c(C)c3)CC1)O2. The lowest BCUT2D eigenvalue weighted by atomic mass is 9.81. The molecule has 0 saturated carbocycles. The van der Waals surface area contributed by atoms with E-state index in [9.17, 15) is 15.0 Å². The molecule has 2 N–H and O–H groups in total. The molecule has 1 saturated heterocycles. The van der Waals surface area contributed by atoms with Gasteiger partial charge in [0.05, 0.1) is 11.7 Å². The Morgan fingerprint density at radius 2 is 1.91 bits per heavy atom. The van der Waals surface area contributed by atoms with E-state index in [-0.39, 0.29) is 5.91 Å². The van der Waals surface area contributed by atoms with E-state index in [0.29, 0.717) is 43.7 Å². The van der Waals surface area contributed by atoms with Gasteiger partial charge >= 0.3 is 0 Å². The smallest absolute Gasteiger partial charge is 0.253 e. The Labute approximate surface area is 190 Å². The molecule has 1 spiro atoms. The monoisotopic (exact) mass is 433 g/mol. The highest BCUT2D eigenvalue weighted by atomic mass is 16.5. The number of hydrogen-bond donors (Lipinski definition) is 2. The molecular weight excluding hydrogens is 402 g/mol. The predicted octanol–water partition coefficient (Wildman–Crippen LogP) is 4.08. The van der Waals surface area contributed by atoms with E-state index in [0.717, 1.165) is 22.3 Å². The number of aliphatic hydroxyl groups is 2. The normalized spacial score (nSPS) is 19.6. The summed E-state index contributed by atoms with van der Waals surface area (Å²) in [5.41, 5.74) is 2.62. The Balaban J connectivity index is 1.46. The molecule has 168 valence electrons. The molecule has 2 aliphatic rings. The van der Waals surface area contributed by atoms with Crippen molar-refractivity contribution >= 4 is 5.91 Å². The second-order valence-corrected chi connectivity index (χ2v) is 9.51. The zero-order valence-corrected chi connectivity index (χ0v) is 19.2. The largest absolute Gasteiger partial charge is 0.487 e. The Kier molecular flexibility index (Phi) is 5.79. The fourth-order valence-electron chi connectivity index (χ4n) is 4.95. The summed E-state index contributed by atoms with van der Waals surface area (Å²) in [4.78, 5) is 15.0. The molecule has 2 aliphatic heterocycles. The van der Waals surface area contributed by atoms with E-state index in [1.807, 2.05) is 42.2 Å². The molecule has 4 rings (SSSR count). The minimum absolute atomic E-state index is 0.00946. The van der Waals surface area contributed by atoms with Crippen LogP contribution in [0.1, 0.15) is 78.7 Å². The maximum atomic E-state index is 13.1. The Morgan fingerprint density at radius 1 is 1.19 bits per heavy atom. The molecule has 1 amide bonds. The van der Waals surface area contributed by atoms with Gasteiger partial charge in [0.2, 0.25) is 0 Å². The van der Waals surface area contributed by atoms with Crippen molar-refractivity contribution in [3.05, 3.63) is 64.2 Å². The van der Waals surface area contributed by atoms with Crippen LogP contribution in [0.3, 0.4) is 0 Å². The van der Waals surface area contributed by atoms with Crippen molar-refractivity contribution in [1.29, 1.82) is 0 Å². The molecule has 2 aromatic carbocycles. The number of amides is 1. The van der Waals surface area contributed by atoms with Crippen LogP contribution >= 0.6 is 0 Å². The van der Waals surface area contributed by atoms with Crippen molar-refractivity contribution < 1.29 is 19.7 Å². The lowest BCUT2D eigenvalue weighted by molar-refractivity contribution is -0.0495. The summed E-state index contributed by atoms with van der Waals surface area (Å²) in [6.45, 7) is 8.35. The summed E-state index contributed by atoms with van der Waals surface area (Å²) in [5, 5.41) is 21.1. The highest BCUT2D eigenvalue weighted by Crippen LogP contribution is 2.44. The zero-order chi connectivity index (χ0) is 23.1. The van der Waals surface area contributed by atoms with Crippen LogP contribution in [0.5, 0.6) is 5.75 Å². The van der Waals surface area contributed by atoms with E-state index in [1.54, 1.807) is 26.8 Å². The third-order valence-corrected chi connectivity index (χ3v) is 6.62. The molecule has 0 aromatic heterocycles. The fourth-order valence-corrected chi connectivity index (χ4v) is 4.95. The van der Waals surface area contributed by atoms with Crippen LogP contribution in [0.2, 0.25) is 0 Å². The second kappa shape index (κ2) is 8.27. The summed E-state index contributed by atoms with van der Waals surface area (Å²) in [7, 11) is 0. The van der Waals surface area contributed by atoms with Gasteiger partial charge in [-0.15, -0.1) is 5.92 Å². The van der Waals surface area contributed by atoms with Crippen LogP contribution in [0.25, 0.3) is 0 Å². The standard InChI is InChI=1S/C27H31NO4/c1-5-6-19-7-10-24-21(16-19)23(29)17-27(32-24)11-13-28(14-12-27)25(30)20-8-9-22(18(2)15-20)26(3,4)31/h7-10,15-16,23,29,31H,11-14,17H2,1-4H3. The maximum absolute atomic E-state index is 13.1. The van der Waals surface area contributed by atoms with Crippen LogP contribution in [0.4, 0.5) is 0 Å². The molecule has 1 fully saturated rings. The number of fused-ring (bicyclic) bond motifs is 1. The predicted molar refractivity (Wildman–Crippen MR) is 123 cm³/mol. The van der Waals surface area contributed by atoms with E-state index in [2.05, 4.69) is 11.8 Å². The van der Waals surface area contributed by atoms with Gasteiger partial charge in [-0.3, -0.25) is 4.79 Å². The molecule has 2 heterocycles. The summed E-state index contributed by atoms with van der Waals surface area (Å²) >= 11 is 0. The lowest BCUT2D eigenvalue weighted by Crippen LogP contribution is -2.51. The van der Waals surface area contributed by atoms with Crippen LogP contribution in [0, 0.1) is 18.8 Å². The van der Waals surface area contributed by atoms with Crippen LogP contribution < -0.4 is 4.74 Å². The van der Waals surface area contributed by atoms with Gasteiger partial charge in [-0.2, -0.15) is 0 Å². The van der Waals surface area contributed by atoms with E-state index in [4.69, 9.17) is 4.74 Å². The van der Waals surface area contributed by atoms with Crippen LogP contribution in [0.15, 0.2) is 36.4 Å². The number of rotatable bonds is 2. The zero-order valence-electron chi connectivity index (χ0n) is 19.2. The molecular formula is C27H31NO4.